The number of aryl methyl sites for hydroxylation is 1. The molecule has 0 saturated carbocycles. The molecule has 0 aliphatic carbocycles. The molecular weight excluding hydrogens is 196 g/mol. The highest BCUT2D eigenvalue weighted by atomic mass is 15.1. The van der Waals surface area contributed by atoms with Crippen LogP contribution in [0.25, 0.3) is 10.9 Å². The minimum atomic E-state index is 0.553. The zero-order valence-electron chi connectivity index (χ0n) is 10.6. The molecule has 2 rings (SSSR count). The van der Waals surface area contributed by atoms with E-state index in [9.17, 15) is 0 Å². The van der Waals surface area contributed by atoms with E-state index in [-0.39, 0.29) is 0 Å². The number of hydrogen-bond donors (Lipinski definition) is 0. The quantitative estimate of drug-likeness (QED) is 0.766. The van der Waals surface area contributed by atoms with Crippen LogP contribution in [0, 0.1) is 6.92 Å². The molecule has 0 unspecified atom stereocenters. The van der Waals surface area contributed by atoms with E-state index in [4.69, 9.17) is 0 Å². The van der Waals surface area contributed by atoms with Crippen molar-refractivity contribution in [2.24, 2.45) is 0 Å². The van der Waals surface area contributed by atoms with Crippen LogP contribution in [0.15, 0.2) is 30.5 Å². The van der Waals surface area contributed by atoms with E-state index in [2.05, 4.69) is 67.9 Å². The molecule has 0 bridgehead atoms. The molecule has 0 N–H and O–H groups in total. The molecule has 0 radical (unpaired) electrons. The third-order valence-corrected chi connectivity index (χ3v) is 3.27. The van der Waals surface area contributed by atoms with Gasteiger partial charge in [0.05, 0.1) is 0 Å². The Bertz CT molecular complexity index is 482. The Labute approximate surface area is 97.5 Å². The van der Waals surface area contributed by atoms with Crippen molar-refractivity contribution in [3.05, 3.63) is 36.0 Å². The Hall–Kier alpha value is -1.28. The summed E-state index contributed by atoms with van der Waals surface area (Å²) in [4.78, 5) is 2.25. The van der Waals surface area contributed by atoms with Gasteiger partial charge in [-0.15, -0.1) is 0 Å². The lowest BCUT2D eigenvalue weighted by Crippen LogP contribution is -2.28. The van der Waals surface area contributed by atoms with E-state index in [1.807, 2.05) is 0 Å². The van der Waals surface area contributed by atoms with Crippen molar-refractivity contribution in [3.8, 4) is 0 Å². The van der Waals surface area contributed by atoms with Crippen LogP contribution in [0.2, 0.25) is 0 Å². The molecule has 0 spiro atoms. The smallest absolute Gasteiger partial charge is 0.0480 e. The van der Waals surface area contributed by atoms with Crippen LogP contribution in [-0.2, 0) is 6.54 Å². The van der Waals surface area contributed by atoms with Crippen LogP contribution in [0.5, 0.6) is 0 Å². The lowest BCUT2D eigenvalue weighted by atomic mass is 10.2. The number of rotatable bonds is 3. The lowest BCUT2D eigenvalue weighted by molar-refractivity contribution is 0.286. The van der Waals surface area contributed by atoms with Gasteiger partial charge in [-0.2, -0.15) is 0 Å². The third kappa shape index (κ3) is 2.12. The van der Waals surface area contributed by atoms with E-state index in [1.54, 1.807) is 0 Å². The third-order valence-electron chi connectivity index (χ3n) is 3.27. The second kappa shape index (κ2) is 4.30. The van der Waals surface area contributed by atoms with E-state index in [0.717, 1.165) is 6.54 Å². The number of fused-ring (bicyclic) bond motifs is 1. The highest BCUT2D eigenvalue weighted by Gasteiger charge is 2.07. The molecule has 2 aromatic rings. The van der Waals surface area contributed by atoms with Crippen molar-refractivity contribution < 1.29 is 0 Å². The van der Waals surface area contributed by atoms with E-state index in [0.29, 0.717) is 6.04 Å². The van der Waals surface area contributed by atoms with Gasteiger partial charge in [0.2, 0.25) is 0 Å². The van der Waals surface area contributed by atoms with Crippen LogP contribution < -0.4 is 0 Å². The normalized spacial score (nSPS) is 13.6. The number of hydrogen-bond acceptors (Lipinski definition) is 1. The fraction of sp³-hybridized carbons (Fsp3) is 0.429. The highest BCUT2D eigenvalue weighted by molar-refractivity contribution is 5.80. The van der Waals surface area contributed by atoms with E-state index >= 15 is 0 Å². The molecule has 2 heteroatoms. The molecule has 1 aromatic heterocycles. The van der Waals surface area contributed by atoms with Gasteiger partial charge in [0.25, 0.3) is 0 Å². The first kappa shape index (κ1) is 11.2. The average Bonchev–Trinajstić information content (AvgIpc) is 2.60. The van der Waals surface area contributed by atoms with Gasteiger partial charge in [0.15, 0.2) is 0 Å². The van der Waals surface area contributed by atoms with Crippen molar-refractivity contribution in [2.75, 3.05) is 14.1 Å². The molecule has 1 heterocycles. The fourth-order valence-corrected chi connectivity index (χ4v) is 1.93. The van der Waals surface area contributed by atoms with Gasteiger partial charge in [0, 0.05) is 24.3 Å². The summed E-state index contributed by atoms with van der Waals surface area (Å²) in [6.45, 7) is 5.43. The Morgan fingerprint density at radius 1 is 1.25 bits per heavy atom. The molecule has 2 nitrogen and oxygen atoms in total. The Kier molecular flexibility index (Phi) is 3.01. The van der Waals surface area contributed by atoms with Crippen molar-refractivity contribution in [1.29, 1.82) is 0 Å². The summed E-state index contributed by atoms with van der Waals surface area (Å²) in [7, 11) is 4.25. The molecule has 0 aliphatic rings. The predicted octanol–water partition coefficient (Wildman–Crippen LogP) is 2.90. The Morgan fingerprint density at radius 3 is 2.69 bits per heavy atom. The topological polar surface area (TPSA) is 8.17 Å². The van der Waals surface area contributed by atoms with Gasteiger partial charge >= 0.3 is 0 Å². The number of aromatic nitrogens is 1. The highest BCUT2D eigenvalue weighted by Crippen LogP contribution is 2.18. The molecule has 0 saturated heterocycles. The first-order chi connectivity index (χ1) is 7.58. The van der Waals surface area contributed by atoms with Gasteiger partial charge in [-0.25, -0.2) is 0 Å². The van der Waals surface area contributed by atoms with Crippen molar-refractivity contribution in [2.45, 2.75) is 26.4 Å². The van der Waals surface area contributed by atoms with Gasteiger partial charge in [-0.3, -0.25) is 0 Å². The molecule has 0 aliphatic heterocycles. The van der Waals surface area contributed by atoms with Crippen LogP contribution in [0.1, 0.15) is 12.5 Å². The minimum absolute atomic E-state index is 0.553. The van der Waals surface area contributed by atoms with Crippen LogP contribution in [0.3, 0.4) is 0 Å². The number of likely N-dealkylation sites (N-methyl/N-ethyl adjacent to an activating group) is 1. The molecule has 0 amide bonds. The summed E-state index contributed by atoms with van der Waals surface area (Å²) in [6, 6.07) is 9.39. The van der Waals surface area contributed by atoms with Gasteiger partial charge in [-0.1, -0.05) is 11.6 Å². The van der Waals surface area contributed by atoms with Crippen LogP contribution >= 0.6 is 0 Å². The monoisotopic (exact) mass is 216 g/mol. The molecular formula is C14H20N2. The average molecular weight is 216 g/mol. The minimum Gasteiger partial charge on any atom is -0.346 e. The molecule has 16 heavy (non-hydrogen) atoms. The van der Waals surface area contributed by atoms with E-state index in [1.165, 1.54) is 16.5 Å². The summed E-state index contributed by atoms with van der Waals surface area (Å²) >= 11 is 0. The van der Waals surface area contributed by atoms with Crippen molar-refractivity contribution in [3.63, 3.8) is 0 Å². The van der Waals surface area contributed by atoms with E-state index < -0.39 is 0 Å². The predicted molar refractivity (Wildman–Crippen MR) is 69.8 cm³/mol. The molecule has 86 valence electrons. The maximum Gasteiger partial charge on any atom is 0.0480 e. The molecule has 1 aromatic carbocycles. The second-order valence-electron chi connectivity index (χ2n) is 4.84. The summed E-state index contributed by atoms with van der Waals surface area (Å²) in [5.74, 6) is 0. The van der Waals surface area contributed by atoms with Gasteiger partial charge in [-0.05, 0) is 51.5 Å². The number of benzene rings is 1. The second-order valence-corrected chi connectivity index (χ2v) is 4.84. The van der Waals surface area contributed by atoms with Crippen molar-refractivity contribution in [1.82, 2.24) is 9.47 Å². The maximum absolute atomic E-state index is 2.33. The fourth-order valence-electron chi connectivity index (χ4n) is 1.93. The van der Waals surface area contributed by atoms with Gasteiger partial charge in [0.1, 0.15) is 0 Å². The summed E-state index contributed by atoms with van der Waals surface area (Å²) in [5, 5.41) is 1.34. The summed E-state index contributed by atoms with van der Waals surface area (Å²) in [5.41, 5.74) is 2.66. The Balaban J connectivity index is 2.32. The van der Waals surface area contributed by atoms with Crippen molar-refractivity contribution >= 4 is 10.9 Å². The zero-order valence-corrected chi connectivity index (χ0v) is 10.6. The number of nitrogens with zero attached hydrogens (tertiary/aromatic N) is 2. The SMILES string of the molecule is Cc1ccc2c(ccn2C[C@@H](C)N(C)C)c1. The maximum atomic E-state index is 2.33. The largest absolute Gasteiger partial charge is 0.346 e. The van der Waals surface area contributed by atoms with Gasteiger partial charge < -0.3 is 9.47 Å². The first-order valence-corrected chi connectivity index (χ1v) is 5.80. The summed E-state index contributed by atoms with van der Waals surface area (Å²) in [6.07, 6.45) is 2.18. The molecule has 0 fully saturated rings. The summed E-state index contributed by atoms with van der Waals surface area (Å²) < 4.78 is 2.33. The Morgan fingerprint density at radius 2 is 2.00 bits per heavy atom. The zero-order chi connectivity index (χ0) is 11.7. The first-order valence-electron chi connectivity index (χ1n) is 5.80. The molecule has 1 atom stereocenters. The van der Waals surface area contributed by atoms with Crippen LogP contribution in [-0.4, -0.2) is 29.6 Å². The van der Waals surface area contributed by atoms with Crippen LogP contribution in [0.4, 0.5) is 0 Å². The lowest BCUT2D eigenvalue weighted by Gasteiger charge is -2.20. The standard InChI is InChI=1S/C14H20N2/c1-11-5-6-14-13(9-11)7-8-16(14)10-12(2)15(3)4/h5-9,12H,10H2,1-4H3/t12-/m1/s1.